The van der Waals surface area contributed by atoms with E-state index in [1.165, 1.54) is 12.1 Å². The summed E-state index contributed by atoms with van der Waals surface area (Å²) in [4.78, 5) is 12.0. The molecule has 0 spiro atoms. The Bertz CT molecular complexity index is 624. The molecule has 0 bridgehead atoms. The third-order valence-corrected chi connectivity index (χ3v) is 5.03. The first-order valence-corrected chi connectivity index (χ1v) is 7.86. The monoisotopic (exact) mass is 295 g/mol. The average Bonchev–Trinajstić information content (AvgIpc) is 2.81. The molecule has 0 radical (unpaired) electrons. The van der Waals surface area contributed by atoms with E-state index >= 15 is 0 Å². The molecule has 108 valence electrons. The van der Waals surface area contributed by atoms with Gasteiger partial charge in [0.25, 0.3) is 10.0 Å². The van der Waals surface area contributed by atoms with Crippen LogP contribution in [0.5, 0.6) is 0 Å². The molecule has 1 aromatic carbocycles. The van der Waals surface area contributed by atoms with E-state index in [1.807, 2.05) is 0 Å². The molecule has 0 saturated carbocycles. The molecule has 1 amide bonds. The molecule has 1 unspecified atom stereocenters. The summed E-state index contributed by atoms with van der Waals surface area (Å²) in [5.74, 6) is -0.428. The van der Waals surface area contributed by atoms with Gasteiger partial charge in [-0.3, -0.25) is 4.79 Å². The normalized spacial score (nSPS) is 19.4. The minimum atomic E-state index is -3.91. The van der Waals surface area contributed by atoms with Crippen LogP contribution in [0.25, 0.3) is 6.08 Å². The Morgan fingerprint density at radius 3 is 2.80 bits per heavy atom. The molecular weight excluding hydrogens is 278 g/mol. The first kappa shape index (κ1) is 14.7. The Morgan fingerprint density at radius 2 is 2.15 bits per heavy atom. The maximum absolute atomic E-state index is 12.7. The molecule has 0 aliphatic carbocycles. The van der Waals surface area contributed by atoms with Gasteiger partial charge in [0.1, 0.15) is 6.23 Å². The molecule has 20 heavy (non-hydrogen) atoms. The zero-order valence-electron chi connectivity index (χ0n) is 11.3. The lowest BCUT2D eigenvalue weighted by Crippen LogP contribution is -2.40. The lowest BCUT2D eigenvalue weighted by Gasteiger charge is -2.24. The van der Waals surface area contributed by atoms with Gasteiger partial charge in [0.05, 0.1) is 4.90 Å². The van der Waals surface area contributed by atoms with Gasteiger partial charge in [-0.2, -0.15) is 0 Å². The largest absolute Gasteiger partial charge is 0.357 e. The van der Waals surface area contributed by atoms with Gasteiger partial charge >= 0.3 is 0 Å². The number of hydrogen-bond donors (Lipinski definition) is 0. The minimum absolute atomic E-state index is 0.0787. The molecule has 0 N–H and O–H groups in total. The van der Waals surface area contributed by atoms with Crippen LogP contribution in [0.3, 0.4) is 0 Å². The van der Waals surface area contributed by atoms with Crippen molar-refractivity contribution in [3.8, 4) is 0 Å². The van der Waals surface area contributed by atoms with Crippen molar-refractivity contribution in [2.45, 2.75) is 30.9 Å². The average molecular weight is 295 g/mol. The maximum atomic E-state index is 12.7. The van der Waals surface area contributed by atoms with Crippen molar-refractivity contribution in [2.24, 2.45) is 0 Å². The number of hydrogen-bond acceptors (Lipinski definition) is 4. The highest BCUT2D eigenvalue weighted by molar-refractivity contribution is 7.89. The van der Waals surface area contributed by atoms with E-state index in [2.05, 4.69) is 6.58 Å². The lowest BCUT2D eigenvalue weighted by molar-refractivity contribution is -0.128. The molecule has 2 rings (SSSR count). The summed E-state index contributed by atoms with van der Waals surface area (Å²) in [6.07, 6.45) is 1.32. The number of carbonyl (C=O) groups excluding carboxylic acids is 1. The van der Waals surface area contributed by atoms with Gasteiger partial charge in [-0.15, -0.1) is 0 Å². The number of nitrogens with zero attached hydrogens (tertiary/aromatic N) is 1. The van der Waals surface area contributed by atoms with Gasteiger partial charge in [-0.05, 0) is 18.6 Å². The highest BCUT2D eigenvalue weighted by atomic mass is 32.2. The quantitative estimate of drug-likeness (QED) is 0.833. The Hall–Kier alpha value is -1.66. The summed E-state index contributed by atoms with van der Waals surface area (Å²) in [5.41, 5.74) is 0.474. The summed E-state index contributed by atoms with van der Waals surface area (Å²) in [7, 11) is -3.91. The van der Waals surface area contributed by atoms with Crippen LogP contribution in [0.2, 0.25) is 0 Å². The van der Waals surface area contributed by atoms with Crippen molar-refractivity contribution in [2.75, 3.05) is 6.61 Å². The number of benzene rings is 1. The summed E-state index contributed by atoms with van der Waals surface area (Å²) in [6, 6.07) is 6.47. The molecule has 1 saturated heterocycles. The zero-order valence-corrected chi connectivity index (χ0v) is 12.1. The predicted octanol–water partition coefficient (Wildman–Crippen LogP) is 2.00. The lowest BCUT2D eigenvalue weighted by atomic mass is 10.2. The van der Waals surface area contributed by atoms with Gasteiger partial charge in [0.15, 0.2) is 0 Å². The van der Waals surface area contributed by atoms with E-state index < -0.39 is 22.2 Å². The van der Waals surface area contributed by atoms with Crippen molar-refractivity contribution in [3.05, 3.63) is 36.4 Å². The van der Waals surface area contributed by atoms with E-state index in [4.69, 9.17) is 4.74 Å². The van der Waals surface area contributed by atoms with Crippen LogP contribution >= 0.6 is 0 Å². The fourth-order valence-electron chi connectivity index (χ4n) is 2.26. The van der Waals surface area contributed by atoms with Crippen LogP contribution in [0.15, 0.2) is 35.7 Å². The Kier molecular flexibility index (Phi) is 4.25. The number of sulfonamides is 1. The summed E-state index contributed by atoms with van der Waals surface area (Å²) in [5, 5.41) is 0. The number of ether oxygens (including phenoxy) is 1. The molecule has 5 nitrogen and oxygen atoms in total. The van der Waals surface area contributed by atoms with Gasteiger partial charge in [-0.25, -0.2) is 12.7 Å². The predicted molar refractivity (Wildman–Crippen MR) is 75.2 cm³/mol. The van der Waals surface area contributed by atoms with E-state index in [9.17, 15) is 13.2 Å². The standard InChI is InChI=1S/C14H17NO4S/c1-3-11-7-5-6-8-12(11)20(17,18)15-13(16)9-10-14(15)19-4-2/h3,5-8,14H,1,4,9-10H2,2H3. The van der Waals surface area contributed by atoms with Crippen LogP contribution in [0, 0.1) is 0 Å². The topological polar surface area (TPSA) is 63.7 Å². The SMILES string of the molecule is C=Cc1ccccc1S(=O)(=O)N1C(=O)CCC1OCC. The van der Waals surface area contributed by atoms with Crippen LogP contribution in [-0.2, 0) is 19.6 Å². The van der Waals surface area contributed by atoms with Crippen LogP contribution in [0.4, 0.5) is 0 Å². The molecule has 1 aliphatic heterocycles. The van der Waals surface area contributed by atoms with Gasteiger partial charge < -0.3 is 4.74 Å². The summed E-state index contributed by atoms with van der Waals surface area (Å²) < 4.78 is 31.6. The van der Waals surface area contributed by atoms with Crippen LogP contribution < -0.4 is 0 Å². The van der Waals surface area contributed by atoms with Crippen LogP contribution in [-0.4, -0.2) is 31.5 Å². The van der Waals surface area contributed by atoms with E-state index in [0.717, 1.165) is 4.31 Å². The van der Waals surface area contributed by atoms with E-state index in [1.54, 1.807) is 25.1 Å². The van der Waals surface area contributed by atoms with Crippen molar-refractivity contribution in [1.29, 1.82) is 0 Å². The third kappa shape index (κ3) is 2.48. The summed E-state index contributed by atoms with van der Waals surface area (Å²) in [6.45, 7) is 5.73. The van der Waals surface area contributed by atoms with Gasteiger partial charge in [0.2, 0.25) is 5.91 Å². The minimum Gasteiger partial charge on any atom is -0.357 e. The van der Waals surface area contributed by atoms with Crippen molar-refractivity contribution >= 4 is 22.0 Å². The second-order valence-electron chi connectivity index (χ2n) is 4.39. The second kappa shape index (κ2) is 5.76. The van der Waals surface area contributed by atoms with Crippen molar-refractivity contribution < 1.29 is 17.9 Å². The van der Waals surface area contributed by atoms with E-state index in [-0.39, 0.29) is 11.3 Å². The molecule has 1 atom stereocenters. The second-order valence-corrected chi connectivity index (χ2v) is 6.17. The molecule has 1 fully saturated rings. The summed E-state index contributed by atoms with van der Waals surface area (Å²) >= 11 is 0. The molecule has 1 heterocycles. The molecule has 0 aromatic heterocycles. The molecule has 1 aliphatic rings. The number of rotatable bonds is 5. The fraction of sp³-hybridized carbons (Fsp3) is 0.357. The Balaban J connectivity index is 2.48. The van der Waals surface area contributed by atoms with Crippen molar-refractivity contribution in [3.63, 3.8) is 0 Å². The highest BCUT2D eigenvalue weighted by Crippen LogP contribution is 2.29. The molecular formula is C14H17NO4S. The first-order valence-electron chi connectivity index (χ1n) is 6.42. The Labute approximate surface area is 118 Å². The molecule has 1 aromatic rings. The third-order valence-electron chi connectivity index (χ3n) is 3.15. The van der Waals surface area contributed by atoms with Crippen LogP contribution in [0.1, 0.15) is 25.3 Å². The molecule has 6 heteroatoms. The smallest absolute Gasteiger partial charge is 0.269 e. The fourth-order valence-corrected chi connectivity index (χ4v) is 4.00. The van der Waals surface area contributed by atoms with E-state index in [0.29, 0.717) is 18.6 Å². The number of carbonyl (C=O) groups is 1. The Morgan fingerprint density at radius 1 is 1.45 bits per heavy atom. The van der Waals surface area contributed by atoms with Crippen molar-refractivity contribution in [1.82, 2.24) is 4.31 Å². The first-order chi connectivity index (χ1) is 9.52. The van der Waals surface area contributed by atoms with Gasteiger partial charge in [-0.1, -0.05) is 30.9 Å². The maximum Gasteiger partial charge on any atom is 0.269 e. The highest BCUT2D eigenvalue weighted by Gasteiger charge is 2.41. The van der Waals surface area contributed by atoms with Gasteiger partial charge in [0, 0.05) is 19.4 Å². The number of amides is 1. The zero-order chi connectivity index (χ0) is 14.8.